The van der Waals surface area contributed by atoms with Gasteiger partial charge in [-0.15, -0.1) is 0 Å². The fourth-order valence-electron chi connectivity index (χ4n) is 3.12. The number of hydrogen-bond acceptors (Lipinski definition) is 3. The van der Waals surface area contributed by atoms with Crippen LogP contribution in [0.2, 0.25) is 5.02 Å². The molecule has 1 aliphatic rings. The van der Waals surface area contributed by atoms with Crippen LogP contribution in [-0.4, -0.2) is 22.4 Å². The molecule has 1 amide bonds. The first kappa shape index (κ1) is 16.8. The zero-order valence-corrected chi connectivity index (χ0v) is 15.0. The van der Waals surface area contributed by atoms with Gasteiger partial charge in [0.05, 0.1) is 6.54 Å². The topological polar surface area (TPSA) is 46.6 Å². The predicted octanol–water partition coefficient (Wildman–Crippen LogP) is 4.95. The Balaban J connectivity index is 2.07. The standard InChI is InChI=1S/C19H20ClNO3/c1-11(22)17-13-6-5-7-16(20)14(13)8-12-9-21(10-15(12)17)18(23)24-19(2,3)4/h5-8H,9-10H2,1-4H3. The number of fused-ring (bicyclic) bond motifs is 2. The monoisotopic (exact) mass is 345 g/mol. The average Bonchev–Trinajstić information content (AvgIpc) is 2.87. The maximum atomic E-state index is 12.4. The van der Waals surface area contributed by atoms with Crippen LogP contribution in [0.1, 0.15) is 49.2 Å². The van der Waals surface area contributed by atoms with Gasteiger partial charge in [0.15, 0.2) is 5.78 Å². The van der Waals surface area contributed by atoms with Crippen molar-refractivity contribution in [1.29, 1.82) is 0 Å². The first-order chi connectivity index (χ1) is 11.2. The number of carbonyl (C=O) groups is 2. The van der Waals surface area contributed by atoms with Gasteiger partial charge in [0, 0.05) is 22.5 Å². The number of rotatable bonds is 1. The van der Waals surface area contributed by atoms with Crippen LogP contribution in [0.15, 0.2) is 24.3 Å². The molecule has 0 N–H and O–H groups in total. The molecule has 0 fully saturated rings. The Morgan fingerprint density at radius 3 is 2.50 bits per heavy atom. The lowest BCUT2D eigenvalue weighted by Crippen LogP contribution is -2.33. The number of Topliss-reactive ketones (excluding diaryl/α,β-unsaturated/α-hetero) is 1. The third-order valence-electron chi connectivity index (χ3n) is 4.04. The highest BCUT2D eigenvalue weighted by Crippen LogP contribution is 2.36. The van der Waals surface area contributed by atoms with Crippen molar-refractivity contribution in [2.45, 2.75) is 46.4 Å². The van der Waals surface area contributed by atoms with E-state index in [-0.39, 0.29) is 11.9 Å². The smallest absolute Gasteiger partial charge is 0.410 e. The Hall–Kier alpha value is -2.07. The summed E-state index contributed by atoms with van der Waals surface area (Å²) in [5.74, 6) is -0.0230. The molecule has 1 heterocycles. The van der Waals surface area contributed by atoms with Gasteiger partial charge in [-0.1, -0.05) is 23.7 Å². The zero-order valence-electron chi connectivity index (χ0n) is 14.3. The molecule has 0 unspecified atom stereocenters. The molecule has 0 aliphatic carbocycles. The van der Waals surface area contributed by atoms with Crippen molar-refractivity contribution < 1.29 is 14.3 Å². The third kappa shape index (κ3) is 2.98. The summed E-state index contributed by atoms with van der Waals surface area (Å²) in [6, 6.07) is 7.52. The molecular formula is C19H20ClNO3. The van der Waals surface area contributed by atoms with Crippen molar-refractivity contribution >= 4 is 34.2 Å². The summed E-state index contributed by atoms with van der Waals surface area (Å²) in [6.07, 6.45) is -0.372. The van der Waals surface area contributed by atoms with Gasteiger partial charge in [0.1, 0.15) is 5.60 Å². The molecular weight excluding hydrogens is 326 g/mol. The van der Waals surface area contributed by atoms with Crippen LogP contribution < -0.4 is 0 Å². The normalized spacial score (nSPS) is 14.0. The minimum atomic E-state index is -0.552. The van der Waals surface area contributed by atoms with Crippen molar-refractivity contribution in [3.63, 3.8) is 0 Å². The van der Waals surface area contributed by atoms with Gasteiger partial charge in [-0.2, -0.15) is 0 Å². The molecule has 5 heteroatoms. The highest BCUT2D eigenvalue weighted by Gasteiger charge is 2.31. The van der Waals surface area contributed by atoms with Gasteiger partial charge in [-0.25, -0.2) is 4.79 Å². The Kier molecular flexibility index (Phi) is 4.04. The van der Waals surface area contributed by atoms with Crippen molar-refractivity contribution in [3.8, 4) is 0 Å². The quantitative estimate of drug-likeness (QED) is 0.687. The first-order valence-electron chi connectivity index (χ1n) is 7.89. The Morgan fingerprint density at radius 1 is 1.17 bits per heavy atom. The molecule has 0 aromatic heterocycles. The van der Waals surface area contributed by atoms with E-state index in [1.807, 2.05) is 39.0 Å². The summed E-state index contributed by atoms with van der Waals surface area (Å²) in [5, 5.41) is 2.28. The second kappa shape index (κ2) is 5.78. The number of ether oxygens (including phenoxy) is 1. The van der Waals surface area contributed by atoms with Crippen molar-refractivity contribution in [1.82, 2.24) is 4.90 Å². The predicted molar refractivity (Wildman–Crippen MR) is 94.4 cm³/mol. The summed E-state index contributed by atoms with van der Waals surface area (Å²) >= 11 is 6.30. The minimum Gasteiger partial charge on any atom is -0.444 e. The number of halogens is 1. The Labute approximate surface area is 146 Å². The summed E-state index contributed by atoms with van der Waals surface area (Å²) in [7, 11) is 0. The van der Waals surface area contributed by atoms with Crippen LogP contribution in [0.4, 0.5) is 4.79 Å². The van der Waals surface area contributed by atoms with E-state index in [0.29, 0.717) is 23.7 Å². The molecule has 126 valence electrons. The maximum absolute atomic E-state index is 12.4. The minimum absolute atomic E-state index is 0.0230. The Morgan fingerprint density at radius 2 is 1.88 bits per heavy atom. The SMILES string of the molecule is CC(=O)c1c2c(cc3c(Cl)cccc13)CN(C(=O)OC(C)(C)C)C2. The molecule has 1 aliphatic heterocycles. The Bertz CT molecular complexity index is 852. The molecule has 0 spiro atoms. The van der Waals surface area contributed by atoms with Gasteiger partial charge < -0.3 is 4.74 Å². The van der Waals surface area contributed by atoms with E-state index in [2.05, 4.69) is 0 Å². The molecule has 0 saturated heterocycles. The molecule has 4 nitrogen and oxygen atoms in total. The van der Waals surface area contributed by atoms with Gasteiger partial charge in [0.2, 0.25) is 0 Å². The molecule has 0 saturated carbocycles. The third-order valence-corrected chi connectivity index (χ3v) is 4.37. The van der Waals surface area contributed by atoms with Gasteiger partial charge >= 0.3 is 6.09 Å². The van der Waals surface area contributed by atoms with Gasteiger partial charge in [0.25, 0.3) is 0 Å². The summed E-state index contributed by atoms with van der Waals surface area (Å²) in [4.78, 5) is 26.2. The number of benzene rings is 2. The number of ketones is 1. The number of nitrogens with zero attached hydrogens (tertiary/aromatic N) is 1. The first-order valence-corrected chi connectivity index (χ1v) is 8.27. The van der Waals surface area contributed by atoms with Crippen LogP contribution in [0.5, 0.6) is 0 Å². The highest BCUT2D eigenvalue weighted by molar-refractivity contribution is 6.36. The second-order valence-electron chi connectivity index (χ2n) is 7.12. The molecule has 24 heavy (non-hydrogen) atoms. The lowest BCUT2D eigenvalue weighted by molar-refractivity contribution is 0.0241. The van der Waals surface area contributed by atoms with E-state index in [4.69, 9.17) is 16.3 Å². The maximum Gasteiger partial charge on any atom is 0.410 e. The zero-order chi connectivity index (χ0) is 17.6. The molecule has 0 bridgehead atoms. The molecule has 2 aromatic rings. The number of hydrogen-bond donors (Lipinski definition) is 0. The molecule has 3 rings (SSSR count). The van der Waals surface area contributed by atoms with Crippen molar-refractivity contribution in [2.75, 3.05) is 0 Å². The van der Waals surface area contributed by atoms with Crippen LogP contribution in [0, 0.1) is 0 Å². The summed E-state index contributed by atoms with van der Waals surface area (Å²) in [5.41, 5.74) is 1.94. The van der Waals surface area contributed by atoms with E-state index < -0.39 is 5.60 Å². The van der Waals surface area contributed by atoms with E-state index in [9.17, 15) is 9.59 Å². The fraction of sp³-hybridized carbons (Fsp3) is 0.368. The average molecular weight is 346 g/mol. The number of amides is 1. The van der Waals surface area contributed by atoms with E-state index in [1.54, 1.807) is 17.9 Å². The van der Waals surface area contributed by atoms with Gasteiger partial charge in [-0.05, 0) is 56.3 Å². The van der Waals surface area contributed by atoms with Crippen LogP contribution in [0.3, 0.4) is 0 Å². The van der Waals surface area contributed by atoms with Gasteiger partial charge in [-0.3, -0.25) is 9.69 Å². The molecule has 0 radical (unpaired) electrons. The van der Waals surface area contributed by atoms with Crippen molar-refractivity contribution in [3.05, 3.63) is 46.0 Å². The molecule has 2 aromatic carbocycles. The lowest BCUT2D eigenvalue weighted by atomic mass is 9.93. The largest absolute Gasteiger partial charge is 0.444 e. The van der Waals surface area contributed by atoms with Crippen LogP contribution in [0.25, 0.3) is 10.8 Å². The summed E-state index contributed by atoms with van der Waals surface area (Å²) < 4.78 is 5.45. The van der Waals surface area contributed by atoms with Crippen LogP contribution in [-0.2, 0) is 17.8 Å². The van der Waals surface area contributed by atoms with E-state index in [1.165, 1.54) is 0 Å². The summed E-state index contributed by atoms with van der Waals surface area (Å²) in [6.45, 7) is 7.86. The van der Waals surface area contributed by atoms with Crippen LogP contribution >= 0.6 is 11.6 Å². The molecule has 0 atom stereocenters. The van der Waals surface area contributed by atoms with E-state index in [0.717, 1.165) is 21.9 Å². The van der Waals surface area contributed by atoms with Crippen molar-refractivity contribution in [2.24, 2.45) is 0 Å². The lowest BCUT2D eigenvalue weighted by Gasteiger charge is -2.24. The highest BCUT2D eigenvalue weighted by atomic mass is 35.5. The van der Waals surface area contributed by atoms with E-state index >= 15 is 0 Å². The fourth-order valence-corrected chi connectivity index (χ4v) is 3.35. The number of carbonyl (C=O) groups excluding carboxylic acids is 2. The second-order valence-corrected chi connectivity index (χ2v) is 7.52.